The number of amides is 2. The Balaban J connectivity index is 1.70. The van der Waals surface area contributed by atoms with Gasteiger partial charge in [-0.05, 0) is 44.0 Å². The van der Waals surface area contributed by atoms with Crippen LogP contribution in [0.4, 0.5) is 27.9 Å². The van der Waals surface area contributed by atoms with E-state index in [9.17, 15) is 4.79 Å². The van der Waals surface area contributed by atoms with E-state index in [1.165, 1.54) is 12.8 Å². The van der Waals surface area contributed by atoms with Gasteiger partial charge in [-0.15, -0.1) is 0 Å². The average Bonchev–Trinajstić information content (AvgIpc) is 3.25. The minimum atomic E-state index is -0.0571. The number of nitriles is 1. The number of aromatic nitrogens is 2. The molecule has 8 nitrogen and oxygen atoms in total. The molecular formula is C20H23N7O. The maximum atomic E-state index is 12.8. The standard InChI is InChI=1S/C20H23N7O/c1-3-26-20(28)25(2)17-13-22-19(23-15-10-8-14(12-21)9-11-15)24-18(17)27(26)16-6-4-5-7-16/h8-11,13,16H,3-7H2,1-2H3,(H,22,23,24). The van der Waals surface area contributed by atoms with Crippen molar-refractivity contribution in [1.82, 2.24) is 15.0 Å². The molecule has 1 fully saturated rings. The van der Waals surface area contributed by atoms with Gasteiger partial charge in [-0.3, -0.25) is 9.91 Å². The third-order valence-corrected chi connectivity index (χ3v) is 5.34. The number of fused-ring (bicyclic) bond motifs is 1. The fourth-order valence-electron chi connectivity index (χ4n) is 3.88. The van der Waals surface area contributed by atoms with Gasteiger partial charge in [-0.25, -0.2) is 14.8 Å². The van der Waals surface area contributed by atoms with Gasteiger partial charge in [0.15, 0.2) is 5.82 Å². The highest BCUT2D eigenvalue weighted by Gasteiger charge is 2.39. The summed E-state index contributed by atoms with van der Waals surface area (Å²) in [6, 6.07) is 9.46. The third-order valence-electron chi connectivity index (χ3n) is 5.34. The quantitative estimate of drug-likeness (QED) is 0.875. The lowest BCUT2D eigenvalue weighted by molar-refractivity contribution is 0.191. The molecule has 8 heteroatoms. The zero-order valence-electron chi connectivity index (χ0n) is 16.1. The molecule has 1 aliphatic heterocycles. The van der Waals surface area contributed by atoms with Crippen LogP contribution < -0.4 is 15.2 Å². The number of anilines is 4. The van der Waals surface area contributed by atoms with E-state index in [1.54, 1.807) is 35.3 Å². The smallest absolute Gasteiger partial charge is 0.324 e. The summed E-state index contributed by atoms with van der Waals surface area (Å²) in [4.78, 5) is 23.6. The Morgan fingerprint density at radius 2 is 1.96 bits per heavy atom. The molecule has 0 saturated heterocycles. The fourth-order valence-corrected chi connectivity index (χ4v) is 3.88. The number of benzene rings is 1. The SMILES string of the molecule is CCN1C(=O)N(C)c2cnc(Nc3ccc(C#N)cc3)nc2N1C1CCCC1. The largest absolute Gasteiger partial charge is 0.343 e. The number of carbonyl (C=O) groups excluding carboxylic acids is 1. The van der Waals surface area contributed by atoms with Gasteiger partial charge in [0.1, 0.15) is 5.69 Å². The molecule has 0 spiro atoms. The van der Waals surface area contributed by atoms with Crippen LogP contribution in [0.2, 0.25) is 0 Å². The number of nitrogens with zero attached hydrogens (tertiary/aromatic N) is 6. The predicted octanol–water partition coefficient (Wildman–Crippen LogP) is 3.65. The van der Waals surface area contributed by atoms with Crippen molar-refractivity contribution >= 4 is 29.2 Å². The summed E-state index contributed by atoms with van der Waals surface area (Å²) >= 11 is 0. The fraction of sp³-hybridized carbons (Fsp3) is 0.400. The van der Waals surface area contributed by atoms with E-state index in [0.29, 0.717) is 23.7 Å². The van der Waals surface area contributed by atoms with Crippen LogP contribution in [0.5, 0.6) is 0 Å². The van der Waals surface area contributed by atoms with Crippen molar-refractivity contribution in [2.24, 2.45) is 0 Å². The zero-order chi connectivity index (χ0) is 19.7. The van der Waals surface area contributed by atoms with Crippen molar-refractivity contribution in [3.05, 3.63) is 36.0 Å². The molecule has 2 aliphatic rings. The van der Waals surface area contributed by atoms with Crippen molar-refractivity contribution in [3.63, 3.8) is 0 Å². The molecule has 0 bridgehead atoms. The Morgan fingerprint density at radius 3 is 2.61 bits per heavy atom. The normalized spacial score (nSPS) is 16.9. The maximum Gasteiger partial charge on any atom is 0.343 e. The average molecular weight is 377 g/mol. The van der Waals surface area contributed by atoms with E-state index in [0.717, 1.165) is 24.3 Å². The summed E-state index contributed by atoms with van der Waals surface area (Å²) < 4.78 is 0. The third kappa shape index (κ3) is 3.09. The lowest BCUT2D eigenvalue weighted by Crippen LogP contribution is -2.59. The Labute approximate surface area is 164 Å². The highest BCUT2D eigenvalue weighted by Crippen LogP contribution is 2.38. The summed E-state index contributed by atoms with van der Waals surface area (Å²) in [6.07, 6.45) is 6.13. The van der Waals surface area contributed by atoms with E-state index in [-0.39, 0.29) is 12.1 Å². The van der Waals surface area contributed by atoms with Crippen molar-refractivity contribution < 1.29 is 4.79 Å². The molecule has 1 aromatic heterocycles. The predicted molar refractivity (Wildman–Crippen MR) is 107 cm³/mol. The number of nitrogens with one attached hydrogen (secondary N) is 1. The Hall–Kier alpha value is -3.34. The number of hydrogen-bond donors (Lipinski definition) is 1. The van der Waals surface area contributed by atoms with Crippen LogP contribution in [0.1, 0.15) is 38.2 Å². The number of urea groups is 1. The zero-order valence-corrected chi connectivity index (χ0v) is 16.1. The van der Waals surface area contributed by atoms with Crippen molar-refractivity contribution in [3.8, 4) is 6.07 Å². The summed E-state index contributed by atoms with van der Waals surface area (Å²) in [6.45, 7) is 2.57. The molecular weight excluding hydrogens is 354 g/mol. The lowest BCUT2D eigenvalue weighted by Gasteiger charge is -2.45. The molecule has 2 amide bonds. The Bertz CT molecular complexity index is 915. The van der Waals surface area contributed by atoms with E-state index < -0.39 is 0 Å². The van der Waals surface area contributed by atoms with Crippen LogP contribution in [-0.4, -0.2) is 40.6 Å². The van der Waals surface area contributed by atoms with Crippen LogP contribution in [0.15, 0.2) is 30.5 Å². The molecule has 144 valence electrons. The molecule has 4 rings (SSSR count). The van der Waals surface area contributed by atoms with Gasteiger partial charge >= 0.3 is 6.03 Å². The minimum absolute atomic E-state index is 0.0571. The first-order valence-corrected chi connectivity index (χ1v) is 9.61. The molecule has 28 heavy (non-hydrogen) atoms. The van der Waals surface area contributed by atoms with Gasteiger partial charge in [0.05, 0.1) is 23.9 Å². The monoisotopic (exact) mass is 377 g/mol. The van der Waals surface area contributed by atoms with Gasteiger partial charge in [0, 0.05) is 19.3 Å². The molecule has 1 aliphatic carbocycles. The molecule has 0 radical (unpaired) electrons. The van der Waals surface area contributed by atoms with Crippen LogP contribution in [0, 0.1) is 11.3 Å². The first-order chi connectivity index (χ1) is 13.6. The van der Waals surface area contributed by atoms with Crippen LogP contribution in [0.3, 0.4) is 0 Å². The first kappa shape index (κ1) is 18.0. The van der Waals surface area contributed by atoms with Gasteiger partial charge in [-0.2, -0.15) is 10.2 Å². The van der Waals surface area contributed by atoms with Crippen LogP contribution >= 0.6 is 0 Å². The molecule has 2 aromatic rings. The maximum absolute atomic E-state index is 12.8. The van der Waals surface area contributed by atoms with E-state index in [1.807, 2.05) is 19.1 Å². The molecule has 1 N–H and O–H groups in total. The van der Waals surface area contributed by atoms with E-state index >= 15 is 0 Å². The summed E-state index contributed by atoms with van der Waals surface area (Å²) in [5.74, 6) is 1.22. The van der Waals surface area contributed by atoms with Gasteiger partial charge in [0.25, 0.3) is 0 Å². The highest BCUT2D eigenvalue weighted by atomic mass is 16.2. The number of hydrazine groups is 1. The second-order valence-corrected chi connectivity index (χ2v) is 7.06. The Kier molecular flexibility index (Phi) is 4.74. The molecule has 0 unspecified atom stereocenters. The van der Waals surface area contributed by atoms with Crippen LogP contribution in [-0.2, 0) is 0 Å². The minimum Gasteiger partial charge on any atom is -0.324 e. The topological polar surface area (TPSA) is 88.4 Å². The molecule has 1 saturated carbocycles. The van der Waals surface area contributed by atoms with Gasteiger partial charge in [-0.1, -0.05) is 12.8 Å². The highest BCUT2D eigenvalue weighted by molar-refractivity contribution is 5.98. The number of rotatable bonds is 4. The van der Waals surface area contributed by atoms with E-state index in [2.05, 4.69) is 21.4 Å². The van der Waals surface area contributed by atoms with Gasteiger partial charge in [0.2, 0.25) is 5.95 Å². The van der Waals surface area contributed by atoms with Crippen molar-refractivity contribution in [2.45, 2.75) is 38.6 Å². The summed E-state index contributed by atoms with van der Waals surface area (Å²) in [7, 11) is 1.76. The summed E-state index contributed by atoms with van der Waals surface area (Å²) in [5, 5.41) is 16.0. The molecule has 1 aromatic carbocycles. The van der Waals surface area contributed by atoms with Crippen molar-refractivity contribution in [2.75, 3.05) is 28.8 Å². The van der Waals surface area contributed by atoms with E-state index in [4.69, 9.17) is 10.2 Å². The number of carbonyl (C=O) groups is 1. The van der Waals surface area contributed by atoms with Gasteiger partial charge < -0.3 is 5.32 Å². The molecule has 0 atom stereocenters. The second kappa shape index (κ2) is 7.35. The molecule has 2 heterocycles. The number of hydrogen-bond acceptors (Lipinski definition) is 6. The second-order valence-electron chi connectivity index (χ2n) is 7.06. The first-order valence-electron chi connectivity index (χ1n) is 9.61. The lowest BCUT2D eigenvalue weighted by atomic mass is 10.2. The van der Waals surface area contributed by atoms with Crippen LogP contribution in [0.25, 0.3) is 0 Å². The summed E-state index contributed by atoms with van der Waals surface area (Å²) in [5.41, 5.74) is 2.12. The Morgan fingerprint density at radius 1 is 1.25 bits per heavy atom. The van der Waals surface area contributed by atoms with Crippen molar-refractivity contribution in [1.29, 1.82) is 5.26 Å².